The van der Waals surface area contributed by atoms with Gasteiger partial charge in [-0.05, 0) is 91.4 Å². The van der Waals surface area contributed by atoms with E-state index in [4.69, 9.17) is 4.55 Å². The molecule has 0 radical (unpaired) electrons. The van der Waals surface area contributed by atoms with E-state index in [1.54, 1.807) is 0 Å². The molecule has 0 heterocycles. The van der Waals surface area contributed by atoms with Gasteiger partial charge in [-0.25, -0.2) is 17.6 Å². The van der Waals surface area contributed by atoms with Crippen LogP contribution in [0.3, 0.4) is 0 Å². The number of hydrogen-bond donors (Lipinski definition) is 1. The summed E-state index contributed by atoms with van der Waals surface area (Å²) in [6.07, 6.45) is 17.1. The minimum absolute atomic E-state index is 0.209. The van der Waals surface area contributed by atoms with Gasteiger partial charge in [0.2, 0.25) is 0 Å². The Morgan fingerprint density at radius 1 is 0.575 bits per heavy atom. The molecule has 0 atom stereocenters. The van der Waals surface area contributed by atoms with Crippen molar-refractivity contribution in [2.75, 3.05) is 0 Å². The molecule has 5 rings (SSSR count). The Bertz CT molecular complexity index is 1250. The lowest BCUT2D eigenvalue weighted by Gasteiger charge is -2.33. The average Bonchev–Trinajstić information content (AvgIpc) is 2.96. The lowest BCUT2D eigenvalue weighted by atomic mass is 9.72. The molecule has 3 fully saturated rings. The fraction of sp³-hybridized carbons (Fsp3) is 0.625. The molecule has 0 bridgehead atoms. The Morgan fingerprint density at radius 2 is 0.950 bits per heavy atom. The van der Waals surface area contributed by atoms with Gasteiger partial charge >= 0.3 is 10.1 Å². The average molecular weight is 581 g/mol. The molecule has 0 spiro atoms. The van der Waals surface area contributed by atoms with E-state index in [0.29, 0.717) is 17.8 Å². The molecular weight excluding hydrogens is 540 g/mol. The Hall–Kier alpha value is -1.93. The minimum Gasteiger partial charge on any atom is -0.282 e. The summed E-state index contributed by atoms with van der Waals surface area (Å²) < 4.78 is 91.2. The molecule has 3 aliphatic carbocycles. The van der Waals surface area contributed by atoms with Crippen molar-refractivity contribution in [1.29, 1.82) is 0 Å². The van der Waals surface area contributed by atoms with Crippen LogP contribution in [-0.2, 0) is 23.0 Å². The molecule has 220 valence electrons. The van der Waals surface area contributed by atoms with Crippen LogP contribution in [-0.4, -0.2) is 13.0 Å². The monoisotopic (exact) mass is 580 g/mol. The predicted octanol–water partition coefficient (Wildman–Crippen LogP) is 9.42. The van der Waals surface area contributed by atoms with Crippen LogP contribution in [0.15, 0.2) is 17.0 Å². The Kier molecular flexibility index (Phi) is 9.25. The fourth-order valence-corrected chi connectivity index (χ4v) is 8.24. The summed E-state index contributed by atoms with van der Waals surface area (Å²) in [6.45, 7) is 0. The van der Waals surface area contributed by atoms with Gasteiger partial charge in [0.25, 0.3) is 0 Å². The maximum absolute atomic E-state index is 15.0. The Labute approximate surface area is 235 Å². The second-order valence-electron chi connectivity index (χ2n) is 12.2. The molecule has 2 aromatic rings. The van der Waals surface area contributed by atoms with Gasteiger partial charge in [-0.2, -0.15) is 8.42 Å². The number of halogens is 4. The van der Waals surface area contributed by atoms with Crippen molar-refractivity contribution in [2.45, 2.75) is 132 Å². The van der Waals surface area contributed by atoms with Crippen molar-refractivity contribution in [3.63, 3.8) is 0 Å². The van der Waals surface area contributed by atoms with Crippen LogP contribution in [0.4, 0.5) is 17.6 Å². The van der Waals surface area contributed by atoms with Crippen LogP contribution in [0, 0.1) is 23.3 Å². The van der Waals surface area contributed by atoms with Crippen LogP contribution in [0.5, 0.6) is 0 Å². The van der Waals surface area contributed by atoms with Crippen molar-refractivity contribution in [3.8, 4) is 0 Å². The fourth-order valence-electron chi connectivity index (χ4n) is 7.61. The molecule has 0 amide bonds. The van der Waals surface area contributed by atoms with Crippen LogP contribution in [0.1, 0.15) is 142 Å². The van der Waals surface area contributed by atoms with E-state index in [1.165, 1.54) is 61.6 Å². The summed E-state index contributed by atoms with van der Waals surface area (Å²) in [5.74, 6) is -6.47. The highest BCUT2D eigenvalue weighted by Gasteiger charge is 2.33. The van der Waals surface area contributed by atoms with Crippen molar-refractivity contribution >= 4 is 10.1 Å². The number of benzene rings is 2. The molecular formula is C32H40F4O3S. The van der Waals surface area contributed by atoms with Crippen molar-refractivity contribution in [1.82, 2.24) is 0 Å². The van der Waals surface area contributed by atoms with Gasteiger partial charge in [-0.15, -0.1) is 0 Å². The first-order valence-corrected chi connectivity index (χ1v) is 16.6. The van der Waals surface area contributed by atoms with Crippen LogP contribution < -0.4 is 0 Å². The molecule has 3 saturated carbocycles. The SMILES string of the molecule is O=S(=O)(O)c1c(F)c(F)c(CCc2c(C3CCCCC3)cc(C3CCCCC3)cc2C2CCCCC2)c(F)c1F. The second kappa shape index (κ2) is 12.5. The molecule has 3 nitrogen and oxygen atoms in total. The molecule has 1 N–H and O–H groups in total. The molecule has 0 aliphatic heterocycles. The highest BCUT2D eigenvalue weighted by molar-refractivity contribution is 7.85. The topological polar surface area (TPSA) is 54.4 Å². The minimum atomic E-state index is -5.48. The van der Waals surface area contributed by atoms with E-state index >= 15 is 0 Å². The van der Waals surface area contributed by atoms with E-state index in [1.807, 2.05) is 0 Å². The van der Waals surface area contributed by atoms with Gasteiger partial charge in [-0.1, -0.05) is 69.9 Å². The maximum Gasteiger partial charge on any atom is 0.300 e. The van der Waals surface area contributed by atoms with E-state index in [9.17, 15) is 26.0 Å². The summed E-state index contributed by atoms with van der Waals surface area (Å²) in [4.78, 5) is -1.98. The van der Waals surface area contributed by atoms with Crippen LogP contribution >= 0.6 is 0 Å². The smallest absolute Gasteiger partial charge is 0.282 e. The highest BCUT2D eigenvalue weighted by Crippen LogP contribution is 2.44. The van der Waals surface area contributed by atoms with Crippen molar-refractivity contribution in [2.24, 2.45) is 0 Å². The molecule has 0 aromatic heterocycles. The van der Waals surface area contributed by atoms with Crippen molar-refractivity contribution in [3.05, 3.63) is 63.2 Å². The first-order chi connectivity index (χ1) is 19.2. The predicted molar refractivity (Wildman–Crippen MR) is 147 cm³/mol. The normalized spacial score (nSPS) is 20.2. The third kappa shape index (κ3) is 6.13. The van der Waals surface area contributed by atoms with Gasteiger partial charge in [0.05, 0.1) is 0 Å². The van der Waals surface area contributed by atoms with Gasteiger partial charge in [0.15, 0.2) is 28.2 Å². The summed E-state index contributed by atoms with van der Waals surface area (Å²) in [6, 6.07) is 4.67. The van der Waals surface area contributed by atoms with E-state index in [-0.39, 0.29) is 12.8 Å². The molecule has 3 aliphatic rings. The first kappa shape index (κ1) is 29.6. The number of hydrogen-bond acceptors (Lipinski definition) is 2. The molecule has 8 heteroatoms. The lowest BCUT2D eigenvalue weighted by molar-refractivity contribution is 0.393. The van der Waals surface area contributed by atoms with Gasteiger partial charge < -0.3 is 0 Å². The van der Waals surface area contributed by atoms with Gasteiger partial charge in [0.1, 0.15) is 0 Å². The standard InChI is InChI=1S/C32H40F4O3S/c33-28-25(29(34)31(36)32(30(28)35)40(37,38)39)17-16-24-26(21-12-6-2-7-13-21)18-23(20-10-4-1-5-11-20)19-27(24)22-14-8-3-9-15-22/h18-22H,1-17H2,(H,37,38,39). The molecule has 40 heavy (non-hydrogen) atoms. The van der Waals surface area contributed by atoms with Crippen LogP contribution in [0.25, 0.3) is 0 Å². The largest absolute Gasteiger partial charge is 0.300 e. The summed E-state index contributed by atoms with van der Waals surface area (Å²) in [7, 11) is -5.48. The second-order valence-corrected chi connectivity index (χ2v) is 13.6. The zero-order valence-corrected chi connectivity index (χ0v) is 23.9. The van der Waals surface area contributed by atoms with Crippen molar-refractivity contribution < 1.29 is 30.5 Å². The summed E-state index contributed by atoms with van der Waals surface area (Å²) >= 11 is 0. The molecule has 2 aromatic carbocycles. The van der Waals surface area contributed by atoms with Gasteiger partial charge in [0, 0.05) is 5.56 Å². The third-order valence-electron chi connectivity index (χ3n) is 9.70. The Morgan fingerprint density at radius 3 is 1.35 bits per heavy atom. The maximum atomic E-state index is 15.0. The zero-order valence-electron chi connectivity index (χ0n) is 23.1. The first-order valence-electron chi connectivity index (χ1n) is 15.2. The Balaban J connectivity index is 1.59. The van der Waals surface area contributed by atoms with E-state index in [0.717, 1.165) is 56.9 Å². The third-order valence-corrected chi connectivity index (χ3v) is 10.6. The van der Waals surface area contributed by atoms with E-state index < -0.39 is 43.8 Å². The quantitative estimate of drug-likeness (QED) is 0.202. The van der Waals surface area contributed by atoms with E-state index in [2.05, 4.69) is 12.1 Å². The molecule has 0 unspecified atom stereocenters. The zero-order chi connectivity index (χ0) is 28.4. The number of rotatable bonds is 7. The lowest BCUT2D eigenvalue weighted by Crippen LogP contribution is -2.17. The van der Waals surface area contributed by atoms with Crippen LogP contribution in [0.2, 0.25) is 0 Å². The summed E-state index contributed by atoms with van der Waals surface area (Å²) in [5.41, 5.74) is 4.08. The summed E-state index contributed by atoms with van der Waals surface area (Å²) in [5, 5.41) is 0. The molecule has 0 saturated heterocycles. The van der Waals surface area contributed by atoms with Gasteiger partial charge in [-0.3, -0.25) is 4.55 Å². The highest BCUT2D eigenvalue weighted by atomic mass is 32.2.